The Morgan fingerprint density at radius 3 is 1.68 bits per heavy atom. The van der Waals surface area contributed by atoms with Crippen LogP contribution in [-0.2, 0) is 18.5 Å². The van der Waals surface area contributed by atoms with E-state index >= 15 is 0 Å². The lowest BCUT2D eigenvalue weighted by molar-refractivity contribution is 0.0724. The lowest BCUT2D eigenvalue weighted by atomic mass is 10.0. The van der Waals surface area contributed by atoms with Crippen molar-refractivity contribution in [2.24, 2.45) is 11.8 Å². The summed E-state index contributed by atoms with van der Waals surface area (Å²) >= 11 is 3.46. The van der Waals surface area contributed by atoms with Crippen molar-refractivity contribution in [1.82, 2.24) is 0 Å². The third-order valence-corrected chi connectivity index (χ3v) is 5.50. The summed E-state index contributed by atoms with van der Waals surface area (Å²) in [6.45, 7) is 3.26. The van der Waals surface area contributed by atoms with Gasteiger partial charge in [0, 0.05) is 42.4 Å². The second-order valence-electron chi connectivity index (χ2n) is 4.97. The highest BCUT2D eigenvalue weighted by molar-refractivity contribution is 9.09. The number of ether oxygens (including phenoxy) is 2. The maximum Gasteiger partial charge on any atom is 0.232 e. The van der Waals surface area contributed by atoms with E-state index < -0.39 is 9.05 Å². The lowest BCUT2D eigenvalue weighted by Gasteiger charge is -2.20. The third kappa shape index (κ3) is 9.24. The molecule has 0 radical (unpaired) electrons. The molecule has 0 aliphatic carbocycles. The molecule has 0 aromatic rings. The Morgan fingerprint density at radius 1 is 0.947 bits per heavy atom. The first-order valence-electron chi connectivity index (χ1n) is 6.65. The number of alkyl halides is 1. The molecule has 0 spiro atoms. The first-order valence-corrected chi connectivity index (χ1v) is 10.2. The Bertz CT molecular complexity index is 325. The van der Waals surface area contributed by atoms with Crippen LogP contribution in [0.15, 0.2) is 0 Å². The maximum absolute atomic E-state index is 10.6. The highest BCUT2D eigenvalue weighted by Gasteiger charge is 2.19. The number of hydrogen-bond donors (Lipinski definition) is 0. The average molecular weight is 378 g/mol. The van der Waals surface area contributed by atoms with Crippen molar-refractivity contribution >= 4 is 35.7 Å². The molecule has 0 saturated carbocycles. The molecule has 2 rings (SSSR count). The first kappa shape index (κ1) is 17.7. The van der Waals surface area contributed by atoms with Crippen LogP contribution in [-0.4, -0.2) is 45.9 Å². The number of halogens is 2. The van der Waals surface area contributed by atoms with Crippen molar-refractivity contribution in [2.45, 2.75) is 25.7 Å². The van der Waals surface area contributed by atoms with Gasteiger partial charge in [-0.05, 0) is 37.5 Å². The van der Waals surface area contributed by atoms with Crippen LogP contribution < -0.4 is 0 Å². The summed E-state index contributed by atoms with van der Waals surface area (Å²) in [5.74, 6) is 1.17. The number of rotatable bonds is 3. The molecule has 2 heterocycles. The van der Waals surface area contributed by atoms with Gasteiger partial charge in [0.2, 0.25) is 9.05 Å². The standard InChI is InChI=1S/C6H11BrO.C6H11ClO3S/c7-5-6-1-3-8-4-2-6;7-11(8,9)5-6-1-3-10-4-2-6/h6H,1-5H2;6H,1-5H2. The van der Waals surface area contributed by atoms with Crippen LogP contribution in [0, 0.1) is 11.8 Å². The molecule has 2 aliphatic heterocycles. The van der Waals surface area contributed by atoms with Crippen LogP contribution >= 0.6 is 26.6 Å². The fraction of sp³-hybridized carbons (Fsp3) is 1.00. The zero-order chi connectivity index (χ0) is 14.1. The summed E-state index contributed by atoms with van der Waals surface area (Å²) in [7, 11) is 1.79. The summed E-state index contributed by atoms with van der Waals surface area (Å²) in [6.07, 6.45) is 4.11. The maximum atomic E-state index is 10.6. The normalized spacial score (nSPS) is 22.6. The fourth-order valence-corrected chi connectivity index (χ4v) is 4.17. The van der Waals surface area contributed by atoms with Crippen LogP contribution in [0.5, 0.6) is 0 Å². The van der Waals surface area contributed by atoms with Crippen molar-refractivity contribution in [3.8, 4) is 0 Å². The Morgan fingerprint density at radius 2 is 1.37 bits per heavy atom. The second kappa shape index (κ2) is 9.55. The predicted octanol–water partition coefficient (Wildman–Crippen LogP) is 2.79. The molecule has 0 N–H and O–H groups in total. The van der Waals surface area contributed by atoms with E-state index in [-0.39, 0.29) is 11.7 Å². The van der Waals surface area contributed by atoms with Gasteiger partial charge in [0.1, 0.15) is 0 Å². The molecule has 4 nitrogen and oxygen atoms in total. The van der Waals surface area contributed by atoms with Gasteiger partial charge in [-0.3, -0.25) is 0 Å². The number of hydrogen-bond acceptors (Lipinski definition) is 4. The monoisotopic (exact) mass is 376 g/mol. The van der Waals surface area contributed by atoms with Crippen molar-refractivity contribution in [1.29, 1.82) is 0 Å². The van der Waals surface area contributed by atoms with E-state index in [2.05, 4.69) is 15.9 Å². The van der Waals surface area contributed by atoms with Crippen molar-refractivity contribution < 1.29 is 17.9 Å². The van der Waals surface area contributed by atoms with E-state index in [1.807, 2.05) is 0 Å². The zero-order valence-electron chi connectivity index (χ0n) is 11.0. The van der Waals surface area contributed by atoms with E-state index in [9.17, 15) is 8.42 Å². The summed E-state index contributed by atoms with van der Waals surface area (Å²) in [6, 6.07) is 0. The lowest BCUT2D eigenvalue weighted by Crippen LogP contribution is -2.21. The molecular formula is C12H22BrClO4S. The largest absolute Gasteiger partial charge is 0.381 e. The van der Waals surface area contributed by atoms with E-state index in [4.69, 9.17) is 20.2 Å². The van der Waals surface area contributed by atoms with E-state index in [1.54, 1.807) is 0 Å². The molecule has 0 unspecified atom stereocenters. The SMILES string of the molecule is BrCC1CCOCC1.O=S(=O)(Cl)CC1CCOCC1. The highest BCUT2D eigenvalue weighted by atomic mass is 79.9. The topological polar surface area (TPSA) is 52.6 Å². The van der Waals surface area contributed by atoms with Crippen LogP contribution in [0.25, 0.3) is 0 Å². The third-order valence-electron chi connectivity index (χ3n) is 3.33. The molecule has 2 saturated heterocycles. The van der Waals surface area contributed by atoms with E-state index in [0.29, 0.717) is 13.2 Å². The van der Waals surface area contributed by atoms with Gasteiger partial charge < -0.3 is 9.47 Å². The van der Waals surface area contributed by atoms with E-state index in [1.165, 1.54) is 12.8 Å². The Kier molecular flexibility index (Phi) is 8.90. The Balaban J connectivity index is 0.000000200. The molecule has 0 aromatic carbocycles. The van der Waals surface area contributed by atoms with Crippen LogP contribution in [0.2, 0.25) is 0 Å². The van der Waals surface area contributed by atoms with Crippen molar-refractivity contribution in [3.05, 3.63) is 0 Å². The summed E-state index contributed by atoms with van der Waals surface area (Å²) in [5, 5.41) is 1.15. The van der Waals surface area contributed by atoms with Crippen molar-refractivity contribution in [3.63, 3.8) is 0 Å². The Hall–Kier alpha value is 0.640. The molecule has 2 aliphatic rings. The molecule has 2 fully saturated rings. The Labute approximate surface area is 128 Å². The molecule has 0 amide bonds. The molecular weight excluding hydrogens is 356 g/mol. The van der Waals surface area contributed by atoms with Gasteiger partial charge in [-0.25, -0.2) is 8.42 Å². The molecule has 114 valence electrons. The minimum Gasteiger partial charge on any atom is -0.381 e. The predicted molar refractivity (Wildman–Crippen MR) is 80.5 cm³/mol. The smallest absolute Gasteiger partial charge is 0.232 e. The van der Waals surface area contributed by atoms with Gasteiger partial charge in [0.05, 0.1) is 5.75 Å². The summed E-state index contributed by atoms with van der Waals surface area (Å²) in [4.78, 5) is 0. The minimum absolute atomic E-state index is 0.0952. The second-order valence-corrected chi connectivity index (χ2v) is 8.44. The van der Waals surface area contributed by atoms with Gasteiger partial charge in [0.25, 0.3) is 0 Å². The fourth-order valence-electron chi connectivity index (χ4n) is 2.10. The average Bonchev–Trinajstić information content (AvgIpc) is 2.40. The van der Waals surface area contributed by atoms with Gasteiger partial charge in [-0.1, -0.05) is 15.9 Å². The van der Waals surface area contributed by atoms with Crippen LogP contribution in [0.3, 0.4) is 0 Å². The zero-order valence-corrected chi connectivity index (χ0v) is 14.2. The quantitative estimate of drug-likeness (QED) is 0.560. The van der Waals surface area contributed by atoms with Crippen LogP contribution in [0.4, 0.5) is 0 Å². The van der Waals surface area contributed by atoms with Crippen LogP contribution in [0.1, 0.15) is 25.7 Å². The molecule has 7 heteroatoms. The minimum atomic E-state index is -3.31. The van der Waals surface area contributed by atoms with Crippen molar-refractivity contribution in [2.75, 3.05) is 37.5 Å². The van der Waals surface area contributed by atoms with Gasteiger partial charge in [0.15, 0.2) is 0 Å². The van der Waals surface area contributed by atoms with Gasteiger partial charge in [-0.15, -0.1) is 0 Å². The van der Waals surface area contributed by atoms with Gasteiger partial charge >= 0.3 is 0 Å². The molecule has 0 atom stereocenters. The molecule has 0 bridgehead atoms. The van der Waals surface area contributed by atoms with E-state index in [0.717, 1.165) is 37.3 Å². The molecule has 0 aromatic heterocycles. The highest BCUT2D eigenvalue weighted by Crippen LogP contribution is 2.18. The summed E-state index contributed by atoms with van der Waals surface area (Å²) in [5.41, 5.74) is 0. The molecule has 19 heavy (non-hydrogen) atoms. The van der Waals surface area contributed by atoms with Gasteiger partial charge in [-0.2, -0.15) is 0 Å². The summed E-state index contributed by atoms with van der Waals surface area (Å²) < 4.78 is 31.5. The first-order chi connectivity index (χ1) is 9.01.